The third kappa shape index (κ3) is 6.91. The van der Waals surface area contributed by atoms with E-state index in [-0.39, 0.29) is 22.8 Å². The number of hydrogen-bond donors (Lipinski definition) is 1. The molecule has 0 radical (unpaired) electrons. The zero-order valence-corrected chi connectivity index (χ0v) is 20.5. The van der Waals surface area contributed by atoms with Crippen molar-refractivity contribution < 1.29 is 24.0 Å². The highest BCUT2D eigenvalue weighted by Gasteiger charge is 2.16. The summed E-state index contributed by atoms with van der Waals surface area (Å²) in [6, 6.07) is 25.5. The van der Waals surface area contributed by atoms with E-state index in [1.165, 1.54) is 29.8 Å². The second-order valence-corrected chi connectivity index (χ2v) is 8.72. The summed E-state index contributed by atoms with van der Waals surface area (Å²) in [5, 5.41) is 21.3. The van der Waals surface area contributed by atoms with E-state index in [0.29, 0.717) is 17.7 Å². The summed E-state index contributed by atoms with van der Waals surface area (Å²) in [5.41, 5.74) is 3.56. The first kappa shape index (κ1) is 26.3. The van der Waals surface area contributed by atoms with Crippen LogP contribution in [0.25, 0.3) is 23.3 Å². The summed E-state index contributed by atoms with van der Waals surface area (Å²) < 4.78 is 19.0. The zero-order valence-electron chi connectivity index (χ0n) is 20.5. The number of halogens is 1. The minimum atomic E-state index is -1.10. The van der Waals surface area contributed by atoms with Crippen LogP contribution in [-0.4, -0.2) is 22.6 Å². The maximum Gasteiger partial charge on any atom is 0.336 e. The Morgan fingerprint density at radius 1 is 0.895 bits per heavy atom. The molecule has 0 heterocycles. The standard InChI is InChI=1S/C31H26FNO5/c32-27-15-12-24(13-16-27)25-14-17-28(31(34)35)26(21-25)11-9-23-10-18-30(29(20-23)33(36)37)38-19-5-4-8-22-6-2-1-3-7-22/h1-3,6-7,9-18,20-21H,4-5,8,19H2,(H,34,35)/b11-9+. The van der Waals surface area contributed by atoms with Crippen LogP contribution in [0, 0.1) is 15.9 Å². The van der Waals surface area contributed by atoms with Gasteiger partial charge in [0.2, 0.25) is 0 Å². The molecule has 0 aliphatic carbocycles. The molecule has 192 valence electrons. The maximum absolute atomic E-state index is 13.3. The van der Waals surface area contributed by atoms with Gasteiger partial charge >= 0.3 is 11.7 Å². The van der Waals surface area contributed by atoms with Crippen LogP contribution < -0.4 is 4.74 Å². The average molecular weight is 512 g/mol. The number of rotatable bonds is 11. The SMILES string of the molecule is O=C(O)c1ccc(-c2ccc(F)cc2)cc1/C=C/c1ccc(OCCCCc2ccccc2)c([N+](=O)[O-])c1. The smallest absolute Gasteiger partial charge is 0.336 e. The van der Waals surface area contributed by atoms with Gasteiger partial charge in [-0.3, -0.25) is 10.1 Å². The van der Waals surface area contributed by atoms with Crippen molar-refractivity contribution in [3.8, 4) is 16.9 Å². The van der Waals surface area contributed by atoms with E-state index in [9.17, 15) is 24.4 Å². The molecule has 0 aliphatic rings. The Kier molecular flexibility index (Phi) is 8.61. The summed E-state index contributed by atoms with van der Waals surface area (Å²) in [6.07, 6.45) is 5.79. The second kappa shape index (κ2) is 12.5. The molecule has 0 aliphatic heterocycles. The molecule has 0 aromatic heterocycles. The lowest BCUT2D eigenvalue weighted by atomic mass is 9.98. The van der Waals surface area contributed by atoms with Crippen LogP contribution in [0.2, 0.25) is 0 Å². The van der Waals surface area contributed by atoms with E-state index < -0.39 is 10.9 Å². The Balaban J connectivity index is 1.48. The molecule has 1 N–H and O–H groups in total. The number of nitrogens with zero attached hydrogens (tertiary/aromatic N) is 1. The van der Waals surface area contributed by atoms with E-state index in [0.717, 1.165) is 30.4 Å². The molecular formula is C31H26FNO5. The van der Waals surface area contributed by atoms with Gasteiger partial charge in [0.05, 0.1) is 17.1 Å². The first-order chi connectivity index (χ1) is 18.4. The van der Waals surface area contributed by atoms with Crippen LogP contribution in [0.5, 0.6) is 5.75 Å². The first-order valence-corrected chi connectivity index (χ1v) is 12.2. The van der Waals surface area contributed by atoms with Gasteiger partial charge in [-0.1, -0.05) is 66.7 Å². The predicted molar refractivity (Wildman–Crippen MR) is 146 cm³/mol. The number of unbranched alkanes of at least 4 members (excludes halogenated alkanes) is 1. The third-order valence-electron chi connectivity index (χ3n) is 6.05. The van der Waals surface area contributed by atoms with Gasteiger partial charge in [0.1, 0.15) is 5.82 Å². The minimum absolute atomic E-state index is 0.0806. The van der Waals surface area contributed by atoms with Crippen molar-refractivity contribution >= 4 is 23.8 Å². The fourth-order valence-corrected chi connectivity index (χ4v) is 4.06. The second-order valence-electron chi connectivity index (χ2n) is 8.72. The predicted octanol–water partition coefficient (Wildman–Crippen LogP) is 7.67. The minimum Gasteiger partial charge on any atom is -0.487 e. The maximum atomic E-state index is 13.3. The van der Waals surface area contributed by atoms with Crippen molar-refractivity contribution in [1.29, 1.82) is 0 Å². The average Bonchev–Trinajstić information content (AvgIpc) is 2.92. The summed E-state index contributed by atoms with van der Waals surface area (Å²) >= 11 is 0. The van der Waals surface area contributed by atoms with Crippen LogP contribution in [0.3, 0.4) is 0 Å². The van der Waals surface area contributed by atoms with E-state index in [1.54, 1.807) is 48.6 Å². The number of aryl methyl sites for hydroxylation is 1. The monoisotopic (exact) mass is 511 g/mol. The summed E-state index contributed by atoms with van der Waals surface area (Å²) in [7, 11) is 0. The molecule has 4 rings (SSSR count). The van der Waals surface area contributed by atoms with Crippen LogP contribution >= 0.6 is 0 Å². The molecule has 0 saturated carbocycles. The van der Waals surface area contributed by atoms with Crippen molar-refractivity contribution in [2.75, 3.05) is 6.61 Å². The van der Waals surface area contributed by atoms with Gasteiger partial charge in [-0.05, 0) is 77.4 Å². The van der Waals surface area contributed by atoms with Crippen molar-refractivity contribution in [2.45, 2.75) is 19.3 Å². The molecule has 0 bridgehead atoms. The van der Waals surface area contributed by atoms with E-state index in [1.807, 2.05) is 18.2 Å². The van der Waals surface area contributed by atoms with Gasteiger partial charge in [-0.15, -0.1) is 0 Å². The number of nitro benzene ring substituents is 1. The van der Waals surface area contributed by atoms with Crippen molar-refractivity contribution in [1.82, 2.24) is 0 Å². The van der Waals surface area contributed by atoms with Gasteiger partial charge < -0.3 is 9.84 Å². The number of hydrogen-bond acceptors (Lipinski definition) is 4. The van der Waals surface area contributed by atoms with Crippen molar-refractivity contribution in [2.24, 2.45) is 0 Å². The molecule has 0 unspecified atom stereocenters. The highest BCUT2D eigenvalue weighted by molar-refractivity contribution is 5.94. The van der Waals surface area contributed by atoms with E-state index in [2.05, 4.69) is 12.1 Å². The largest absolute Gasteiger partial charge is 0.487 e. The third-order valence-corrected chi connectivity index (χ3v) is 6.05. The fraction of sp³-hybridized carbons (Fsp3) is 0.129. The fourth-order valence-electron chi connectivity index (χ4n) is 4.06. The number of carboxylic acid groups (broad SMARTS) is 1. The van der Waals surface area contributed by atoms with Gasteiger partial charge in [0, 0.05) is 6.07 Å². The molecule has 0 spiro atoms. The Labute approximate surface area is 219 Å². The Morgan fingerprint density at radius 3 is 2.34 bits per heavy atom. The number of ether oxygens (including phenoxy) is 1. The highest BCUT2D eigenvalue weighted by Crippen LogP contribution is 2.30. The Bertz CT molecular complexity index is 1450. The van der Waals surface area contributed by atoms with Crippen LogP contribution in [0.1, 0.15) is 39.9 Å². The molecule has 0 saturated heterocycles. The lowest BCUT2D eigenvalue weighted by Crippen LogP contribution is -2.01. The van der Waals surface area contributed by atoms with Crippen LogP contribution in [0.15, 0.2) is 91.0 Å². The highest BCUT2D eigenvalue weighted by atomic mass is 19.1. The molecule has 4 aromatic carbocycles. The number of nitro groups is 1. The van der Waals surface area contributed by atoms with Gasteiger partial charge in [-0.2, -0.15) is 0 Å². The van der Waals surface area contributed by atoms with Crippen LogP contribution in [0.4, 0.5) is 10.1 Å². The summed E-state index contributed by atoms with van der Waals surface area (Å²) in [5.74, 6) is -1.27. The number of aromatic carboxylic acids is 1. The molecule has 7 heteroatoms. The molecule has 0 atom stereocenters. The Hall–Kier alpha value is -4.78. The molecule has 6 nitrogen and oxygen atoms in total. The Morgan fingerprint density at radius 2 is 1.63 bits per heavy atom. The zero-order chi connectivity index (χ0) is 26.9. The van der Waals surface area contributed by atoms with Gasteiger partial charge in [-0.25, -0.2) is 9.18 Å². The first-order valence-electron chi connectivity index (χ1n) is 12.2. The lowest BCUT2D eigenvalue weighted by molar-refractivity contribution is -0.385. The number of carboxylic acids is 1. The van der Waals surface area contributed by atoms with Gasteiger partial charge in [0.15, 0.2) is 5.75 Å². The molecule has 0 amide bonds. The molecule has 38 heavy (non-hydrogen) atoms. The van der Waals surface area contributed by atoms with E-state index in [4.69, 9.17) is 4.74 Å². The lowest BCUT2D eigenvalue weighted by Gasteiger charge is -2.08. The van der Waals surface area contributed by atoms with E-state index >= 15 is 0 Å². The number of carbonyl (C=O) groups is 1. The summed E-state index contributed by atoms with van der Waals surface area (Å²) in [6.45, 7) is 0.362. The quantitative estimate of drug-likeness (QED) is 0.0966. The summed E-state index contributed by atoms with van der Waals surface area (Å²) in [4.78, 5) is 22.9. The molecule has 0 fully saturated rings. The molecular weight excluding hydrogens is 485 g/mol. The topological polar surface area (TPSA) is 89.7 Å². The van der Waals surface area contributed by atoms with Crippen molar-refractivity contribution in [3.63, 3.8) is 0 Å². The molecule has 4 aromatic rings. The van der Waals surface area contributed by atoms with Gasteiger partial charge in [0.25, 0.3) is 0 Å². The van der Waals surface area contributed by atoms with Crippen LogP contribution in [-0.2, 0) is 6.42 Å². The normalized spacial score (nSPS) is 11.0. The number of benzene rings is 4. The van der Waals surface area contributed by atoms with Crippen molar-refractivity contribution in [3.05, 3.63) is 129 Å².